The van der Waals surface area contributed by atoms with E-state index >= 15 is 0 Å². The predicted octanol–water partition coefficient (Wildman–Crippen LogP) is 3.94. The molecule has 1 aliphatic rings. The van der Waals surface area contributed by atoms with Crippen molar-refractivity contribution in [2.24, 2.45) is 0 Å². The molecule has 0 aliphatic carbocycles. The van der Waals surface area contributed by atoms with Crippen LogP contribution in [0.3, 0.4) is 0 Å². The number of carbonyl (C=O) groups excluding carboxylic acids is 1. The highest BCUT2D eigenvalue weighted by Gasteiger charge is 2.22. The SMILES string of the molecule is [2H]c1cc(C)c(CC(=O)c2cnc(Nc3cc(N4CC[C@@H](O)C4)nc(C)n3)s2)c(Cl)c1. The molecule has 3 heterocycles. The molecular weight excluding hydrogens is 422 g/mol. The van der Waals surface area contributed by atoms with Crippen LogP contribution >= 0.6 is 22.9 Å². The molecule has 156 valence electrons. The molecule has 0 saturated carbocycles. The van der Waals surface area contributed by atoms with Crippen LogP contribution in [0.5, 0.6) is 0 Å². The van der Waals surface area contributed by atoms with Crippen LogP contribution in [0.15, 0.2) is 30.4 Å². The second kappa shape index (κ2) is 8.67. The number of β-amino-alcohol motifs (C(OH)–C–C–N with tert-alkyl or cyclic N) is 1. The molecule has 9 heteroatoms. The molecule has 0 bridgehead atoms. The maximum Gasteiger partial charge on any atom is 0.188 e. The third-order valence-corrected chi connectivity index (χ3v) is 6.23. The summed E-state index contributed by atoms with van der Waals surface area (Å²) < 4.78 is 7.71. The molecule has 30 heavy (non-hydrogen) atoms. The first-order chi connectivity index (χ1) is 14.8. The van der Waals surface area contributed by atoms with E-state index in [1.54, 1.807) is 18.3 Å². The number of nitrogens with one attached hydrogen (secondary N) is 1. The van der Waals surface area contributed by atoms with Gasteiger partial charge in [-0.25, -0.2) is 15.0 Å². The summed E-state index contributed by atoms with van der Waals surface area (Å²) in [7, 11) is 0. The van der Waals surface area contributed by atoms with Gasteiger partial charge in [-0.05, 0) is 37.5 Å². The molecule has 1 fully saturated rings. The fraction of sp³-hybridized carbons (Fsp3) is 0.333. The second-order valence-electron chi connectivity index (χ2n) is 7.27. The molecule has 2 aromatic heterocycles. The lowest BCUT2D eigenvalue weighted by molar-refractivity contribution is 0.0996. The molecule has 4 rings (SSSR count). The highest BCUT2D eigenvalue weighted by Crippen LogP contribution is 2.27. The fourth-order valence-corrected chi connectivity index (χ4v) is 4.41. The number of Topliss-reactive ketones (excluding diaryl/α,β-unsaturated/α-hetero) is 1. The Hall–Kier alpha value is -2.55. The number of benzene rings is 1. The Morgan fingerprint density at radius 2 is 2.27 bits per heavy atom. The number of nitrogens with zero attached hydrogens (tertiary/aromatic N) is 4. The number of thiazole rings is 1. The smallest absolute Gasteiger partial charge is 0.188 e. The first kappa shape index (κ1) is 19.4. The van der Waals surface area contributed by atoms with E-state index < -0.39 is 0 Å². The summed E-state index contributed by atoms with van der Waals surface area (Å²) in [6.07, 6.45) is 2.08. The molecule has 1 saturated heterocycles. The number of aliphatic hydroxyl groups is 1. The quantitative estimate of drug-likeness (QED) is 0.556. The van der Waals surface area contributed by atoms with E-state index in [1.807, 2.05) is 24.8 Å². The number of hydrogen-bond acceptors (Lipinski definition) is 8. The van der Waals surface area contributed by atoms with Crippen molar-refractivity contribution >= 4 is 45.5 Å². The Morgan fingerprint density at radius 1 is 1.43 bits per heavy atom. The van der Waals surface area contributed by atoms with Crippen LogP contribution in [0.2, 0.25) is 5.02 Å². The second-order valence-corrected chi connectivity index (χ2v) is 8.70. The summed E-state index contributed by atoms with van der Waals surface area (Å²) in [6, 6.07) is 5.39. The molecule has 0 spiro atoms. The molecule has 0 radical (unpaired) electrons. The summed E-state index contributed by atoms with van der Waals surface area (Å²) >= 11 is 7.49. The Bertz CT molecular complexity index is 1120. The van der Waals surface area contributed by atoms with Crippen LogP contribution in [-0.2, 0) is 6.42 Å². The Morgan fingerprint density at radius 3 is 3.00 bits per heavy atom. The van der Waals surface area contributed by atoms with Crippen LogP contribution in [0.25, 0.3) is 0 Å². The molecular formula is C21H22ClN5O2S. The molecule has 1 atom stereocenters. The monoisotopic (exact) mass is 444 g/mol. The number of aromatic nitrogens is 3. The number of aliphatic hydroxyl groups excluding tert-OH is 1. The zero-order chi connectivity index (χ0) is 22.1. The molecule has 0 unspecified atom stereocenters. The summed E-state index contributed by atoms with van der Waals surface area (Å²) in [5.74, 6) is 1.86. The van der Waals surface area contributed by atoms with Crippen molar-refractivity contribution in [3.05, 3.63) is 57.3 Å². The number of anilines is 3. The Balaban J connectivity index is 1.48. The topological polar surface area (TPSA) is 91.2 Å². The maximum atomic E-state index is 12.8. The van der Waals surface area contributed by atoms with Gasteiger partial charge in [0.2, 0.25) is 0 Å². The van der Waals surface area contributed by atoms with Crippen LogP contribution in [0.1, 0.15) is 34.4 Å². The summed E-state index contributed by atoms with van der Waals surface area (Å²) in [5.41, 5.74) is 1.55. The number of aryl methyl sites for hydroxylation is 2. The third-order valence-electron chi connectivity index (χ3n) is 4.94. The van der Waals surface area contributed by atoms with Crippen molar-refractivity contribution < 1.29 is 11.3 Å². The van der Waals surface area contributed by atoms with Crippen LogP contribution in [-0.4, -0.2) is 45.0 Å². The molecule has 1 aliphatic heterocycles. The Labute approximate surface area is 185 Å². The van der Waals surface area contributed by atoms with E-state index in [4.69, 9.17) is 13.0 Å². The third kappa shape index (κ3) is 4.61. The summed E-state index contributed by atoms with van der Waals surface area (Å²) in [6.45, 7) is 4.96. The van der Waals surface area contributed by atoms with E-state index in [0.29, 0.717) is 39.3 Å². The first-order valence-electron chi connectivity index (χ1n) is 10.1. The zero-order valence-electron chi connectivity index (χ0n) is 17.6. The largest absolute Gasteiger partial charge is 0.391 e. The minimum absolute atomic E-state index is 0.0844. The first-order valence-corrected chi connectivity index (χ1v) is 10.8. The molecule has 2 N–H and O–H groups in total. The van der Waals surface area contributed by atoms with Crippen molar-refractivity contribution in [2.45, 2.75) is 32.8 Å². The minimum atomic E-state index is -0.339. The van der Waals surface area contributed by atoms with Gasteiger partial charge in [0.25, 0.3) is 0 Å². The lowest BCUT2D eigenvalue weighted by atomic mass is 10.0. The van der Waals surface area contributed by atoms with Crippen molar-refractivity contribution in [1.82, 2.24) is 15.0 Å². The van der Waals surface area contributed by atoms with Gasteiger partial charge in [0.15, 0.2) is 10.9 Å². The van der Waals surface area contributed by atoms with Gasteiger partial charge >= 0.3 is 0 Å². The van der Waals surface area contributed by atoms with Gasteiger partial charge in [0.1, 0.15) is 17.5 Å². The standard InChI is InChI=1S/C21H22ClN5O2S/c1-12-4-3-5-16(22)15(12)8-17(29)18-10-23-21(30-18)26-19-9-20(25-13(2)24-19)27-7-6-14(28)11-27/h3-5,9-10,14,28H,6-8,11H2,1-2H3,(H,23,24,25,26)/t14-/m1/s1/i3D. The van der Waals surface area contributed by atoms with Crippen molar-refractivity contribution in [3.8, 4) is 0 Å². The Kier molecular flexibility index (Phi) is 5.61. The van der Waals surface area contributed by atoms with Crippen LogP contribution in [0, 0.1) is 13.8 Å². The molecule has 0 amide bonds. The van der Waals surface area contributed by atoms with Gasteiger partial charge < -0.3 is 15.3 Å². The van der Waals surface area contributed by atoms with Crippen molar-refractivity contribution in [3.63, 3.8) is 0 Å². The predicted molar refractivity (Wildman–Crippen MR) is 119 cm³/mol. The highest BCUT2D eigenvalue weighted by atomic mass is 35.5. The lowest BCUT2D eigenvalue weighted by Gasteiger charge is -2.17. The highest BCUT2D eigenvalue weighted by molar-refractivity contribution is 7.17. The summed E-state index contributed by atoms with van der Waals surface area (Å²) in [5, 5.41) is 13.9. The average molecular weight is 445 g/mol. The van der Waals surface area contributed by atoms with Gasteiger partial charge in [-0.15, -0.1) is 0 Å². The molecule has 7 nitrogen and oxygen atoms in total. The number of ketones is 1. The van der Waals surface area contributed by atoms with Crippen LogP contribution < -0.4 is 10.2 Å². The van der Waals surface area contributed by atoms with Gasteiger partial charge in [0.05, 0.1) is 18.5 Å². The number of halogens is 1. The fourth-order valence-electron chi connectivity index (χ4n) is 3.37. The zero-order valence-corrected chi connectivity index (χ0v) is 18.2. The summed E-state index contributed by atoms with van der Waals surface area (Å²) in [4.78, 5) is 28.5. The van der Waals surface area contributed by atoms with Gasteiger partial charge in [-0.2, -0.15) is 0 Å². The lowest BCUT2D eigenvalue weighted by Crippen LogP contribution is -2.22. The van der Waals surface area contributed by atoms with Gasteiger partial charge in [0, 0.05) is 30.6 Å². The van der Waals surface area contributed by atoms with Crippen LogP contribution in [0.4, 0.5) is 16.8 Å². The van der Waals surface area contributed by atoms with E-state index in [1.165, 1.54) is 11.3 Å². The molecule has 1 aromatic carbocycles. The van der Waals surface area contributed by atoms with E-state index in [0.717, 1.165) is 29.9 Å². The van der Waals surface area contributed by atoms with Crippen molar-refractivity contribution in [2.75, 3.05) is 23.3 Å². The van der Waals surface area contributed by atoms with Crippen molar-refractivity contribution in [1.29, 1.82) is 0 Å². The van der Waals surface area contributed by atoms with E-state index in [9.17, 15) is 9.90 Å². The maximum absolute atomic E-state index is 12.8. The number of hydrogen-bond donors (Lipinski definition) is 2. The normalized spacial score (nSPS) is 16.6. The van der Waals surface area contributed by atoms with E-state index in [-0.39, 0.29) is 18.3 Å². The van der Waals surface area contributed by atoms with Gasteiger partial charge in [-0.1, -0.05) is 35.0 Å². The number of rotatable bonds is 6. The molecule has 3 aromatic rings. The average Bonchev–Trinajstić information content (AvgIpc) is 3.33. The van der Waals surface area contributed by atoms with Gasteiger partial charge in [-0.3, -0.25) is 4.79 Å². The number of carbonyl (C=O) groups is 1. The minimum Gasteiger partial charge on any atom is -0.391 e. The van der Waals surface area contributed by atoms with E-state index in [2.05, 4.69) is 20.3 Å².